The molecule has 160 valence electrons. The summed E-state index contributed by atoms with van der Waals surface area (Å²) in [4.78, 5) is 21.0. The zero-order valence-electron chi connectivity index (χ0n) is 17.3. The van der Waals surface area contributed by atoms with Crippen molar-refractivity contribution < 1.29 is 14.6 Å². The number of nitrogens with zero attached hydrogens (tertiary/aromatic N) is 4. The number of amides is 1. The van der Waals surface area contributed by atoms with Crippen LogP contribution in [0.1, 0.15) is 6.92 Å². The molecule has 1 amide bonds. The molecule has 3 aromatic rings. The molecular formula is C23H25N5O3. The Bertz CT molecular complexity index is 1010. The first-order valence-electron chi connectivity index (χ1n) is 10.2. The van der Waals surface area contributed by atoms with Gasteiger partial charge in [-0.1, -0.05) is 30.3 Å². The minimum atomic E-state index is -1.06. The maximum absolute atomic E-state index is 11.7. The van der Waals surface area contributed by atoms with Gasteiger partial charge in [0.25, 0.3) is 5.91 Å². The van der Waals surface area contributed by atoms with Crippen LogP contribution in [-0.4, -0.2) is 58.4 Å². The number of hydrazine groups is 1. The van der Waals surface area contributed by atoms with Gasteiger partial charge < -0.3 is 15.2 Å². The molecule has 8 nitrogen and oxygen atoms in total. The lowest BCUT2D eigenvalue weighted by Crippen LogP contribution is -2.47. The van der Waals surface area contributed by atoms with Crippen LogP contribution in [0.5, 0.6) is 0 Å². The van der Waals surface area contributed by atoms with Crippen LogP contribution in [0, 0.1) is 0 Å². The molecule has 2 aromatic carbocycles. The molecule has 0 aliphatic carbocycles. The van der Waals surface area contributed by atoms with Crippen molar-refractivity contribution in [3.63, 3.8) is 0 Å². The predicted molar refractivity (Wildman–Crippen MR) is 119 cm³/mol. The minimum Gasteiger partial charge on any atom is -0.384 e. The fraction of sp³-hybridized carbons (Fsp3) is 0.261. The van der Waals surface area contributed by atoms with E-state index in [0.29, 0.717) is 24.8 Å². The summed E-state index contributed by atoms with van der Waals surface area (Å²) in [5.41, 5.74) is 3.27. The molecule has 2 heterocycles. The molecule has 1 aliphatic heterocycles. The first-order valence-corrected chi connectivity index (χ1v) is 10.2. The Kier molecular flexibility index (Phi) is 6.51. The molecule has 1 saturated heterocycles. The fourth-order valence-corrected chi connectivity index (χ4v) is 3.31. The molecule has 4 rings (SSSR count). The van der Waals surface area contributed by atoms with Crippen molar-refractivity contribution >= 4 is 23.2 Å². The number of carbonyl (C=O) groups excluding carboxylic acids is 1. The number of hydrogen-bond acceptors (Lipinski definition) is 7. The lowest BCUT2D eigenvalue weighted by molar-refractivity contribution is -0.123. The summed E-state index contributed by atoms with van der Waals surface area (Å²) < 4.78 is 5.51. The number of benzene rings is 2. The average Bonchev–Trinajstić information content (AvgIpc) is 2.81. The molecule has 0 unspecified atom stereocenters. The second-order valence-electron chi connectivity index (χ2n) is 7.20. The van der Waals surface area contributed by atoms with E-state index in [-0.39, 0.29) is 0 Å². The Morgan fingerprint density at radius 1 is 1.10 bits per heavy atom. The van der Waals surface area contributed by atoms with E-state index in [1.807, 2.05) is 53.5 Å². The summed E-state index contributed by atoms with van der Waals surface area (Å²) in [7, 11) is 0. The third-order valence-corrected chi connectivity index (χ3v) is 4.93. The van der Waals surface area contributed by atoms with Crippen LogP contribution in [-0.2, 0) is 9.53 Å². The van der Waals surface area contributed by atoms with Gasteiger partial charge in [0.15, 0.2) is 0 Å². The van der Waals surface area contributed by atoms with Crippen molar-refractivity contribution in [2.45, 2.75) is 13.0 Å². The number of aliphatic hydroxyl groups is 1. The van der Waals surface area contributed by atoms with E-state index < -0.39 is 12.0 Å². The molecule has 1 fully saturated rings. The zero-order chi connectivity index (χ0) is 21.6. The number of hydrogen-bond donors (Lipinski definition) is 2. The molecular weight excluding hydrogens is 394 g/mol. The molecule has 0 radical (unpaired) electrons. The van der Waals surface area contributed by atoms with Crippen LogP contribution in [0.15, 0.2) is 66.9 Å². The normalized spacial score (nSPS) is 15.3. The lowest BCUT2D eigenvalue weighted by atomic mass is 10.1. The van der Waals surface area contributed by atoms with Crippen molar-refractivity contribution in [2.75, 3.05) is 36.6 Å². The smallest absolute Gasteiger partial charge is 0.252 e. The van der Waals surface area contributed by atoms with Crippen LogP contribution < -0.4 is 10.3 Å². The summed E-state index contributed by atoms with van der Waals surface area (Å²) in [5, 5.41) is 16.2. The molecule has 0 saturated carbocycles. The summed E-state index contributed by atoms with van der Waals surface area (Å²) in [6, 6.07) is 19.2. The molecule has 1 aromatic heterocycles. The second kappa shape index (κ2) is 9.65. The van der Waals surface area contributed by atoms with Gasteiger partial charge in [-0.3, -0.25) is 4.79 Å². The van der Waals surface area contributed by atoms with Gasteiger partial charge >= 0.3 is 0 Å². The number of para-hydroxylation sites is 1. The first kappa shape index (κ1) is 20.9. The van der Waals surface area contributed by atoms with E-state index >= 15 is 0 Å². The molecule has 2 N–H and O–H groups in total. The average molecular weight is 419 g/mol. The van der Waals surface area contributed by atoms with E-state index in [9.17, 15) is 9.90 Å². The third-order valence-electron chi connectivity index (χ3n) is 4.93. The number of aliphatic hydroxyl groups excluding tert-OH is 1. The number of ether oxygens (including phenoxy) is 1. The Morgan fingerprint density at radius 3 is 2.48 bits per heavy atom. The van der Waals surface area contributed by atoms with Gasteiger partial charge in [-0.05, 0) is 37.3 Å². The monoisotopic (exact) mass is 419 g/mol. The van der Waals surface area contributed by atoms with Gasteiger partial charge in [0.1, 0.15) is 6.10 Å². The maximum Gasteiger partial charge on any atom is 0.252 e. The number of aromatic nitrogens is 2. The van der Waals surface area contributed by atoms with Crippen LogP contribution in [0.25, 0.3) is 11.3 Å². The topological polar surface area (TPSA) is 90.8 Å². The molecule has 31 heavy (non-hydrogen) atoms. The number of nitrogens with one attached hydrogen (secondary N) is 1. The number of rotatable bonds is 6. The summed E-state index contributed by atoms with van der Waals surface area (Å²) >= 11 is 0. The first-order chi connectivity index (χ1) is 15.1. The third kappa shape index (κ3) is 5.05. The highest BCUT2D eigenvalue weighted by atomic mass is 16.5. The Morgan fingerprint density at radius 2 is 1.81 bits per heavy atom. The van der Waals surface area contributed by atoms with Gasteiger partial charge in [0.05, 0.1) is 24.6 Å². The van der Waals surface area contributed by atoms with Crippen molar-refractivity contribution in [1.82, 2.24) is 15.0 Å². The number of morpholine rings is 1. The minimum absolute atomic E-state index is 0.443. The predicted octanol–water partition coefficient (Wildman–Crippen LogP) is 2.85. The fourth-order valence-electron chi connectivity index (χ4n) is 3.31. The Labute approximate surface area is 181 Å². The second-order valence-corrected chi connectivity index (χ2v) is 7.20. The van der Waals surface area contributed by atoms with E-state index in [4.69, 9.17) is 9.72 Å². The van der Waals surface area contributed by atoms with Gasteiger partial charge in [-0.2, -0.15) is 0 Å². The highest BCUT2D eigenvalue weighted by Gasteiger charge is 2.23. The Hall–Kier alpha value is -3.33. The van der Waals surface area contributed by atoms with Crippen LogP contribution in [0.2, 0.25) is 0 Å². The maximum atomic E-state index is 11.7. The highest BCUT2D eigenvalue weighted by Crippen LogP contribution is 2.27. The largest absolute Gasteiger partial charge is 0.384 e. The van der Waals surface area contributed by atoms with Gasteiger partial charge in [0.2, 0.25) is 5.95 Å². The van der Waals surface area contributed by atoms with E-state index in [0.717, 1.165) is 30.0 Å². The highest BCUT2D eigenvalue weighted by molar-refractivity contribution is 5.93. The zero-order valence-corrected chi connectivity index (χ0v) is 17.3. The van der Waals surface area contributed by atoms with Crippen molar-refractivity contribution in [3.8, 4) is 11.3 Å². The SMILES string of the molecule is C[C@H](O)C(=O)Nc1ccc(-c2ccnc(N(c3ccccc3)N3CCOCC3)n2)cc1. The van der Waals surface area contributed by atoms with Crippen molar-refractivity contribution in [3.05, 3.63) is 66.9 Å². The number of carbonyl (C=O) groups is 1. The van der Waals surface area contributed by atoms with E-state index in [2.05, 4.69) is 15.3 Å². The summed E-state index contributed by atoms with van der Waals surface area (Å²) in [6.07, 6.45) is 0.685. The molecule has 0 bridgehead atoms. The molecule has 0 spiro atoms. The van der Waals surface area contributed by atoms with Crippen molar-refractivity contribution in [2.24, 2.45) is 0 Å². The van der Waals surface area contributed by atoms with Crippen LogP contribution >= 0.6 is 0 Å². The van der Waals surface area contributed by atoms with Crippen LogP contribution in [0.3, 0.4) is 0 Å². The molecule has 8 heteroatoms. The Balaban J connectivity index is 1.62. The van der Waals surface area contributed by atoms with E-state index in [1.54, 1.807) is 18.3 Å². The lowest BCUT2D eigenvalue weighted by Gasteiger charge is -2.37. The molecule has 1 aliphatic rings. The van der Waals surface area contributed by atoms with E-state index in [1.165, 1.54) is 6.92 Å². The van der Waals surface area contributed by atoms with Gasteiger partial charge in [0, 0.05) is 30.5 Å². The molecule has 1 atom stereocenters. The number of anilines is 3. The van der Waals surface area contributed by atoms with Crippen molar-refractivity contribution in [1.29, 1.82) is 0 Å². The quantitative estimate of drug-likeness (QED) is 0.635. The van der Waals surface area contributed by atoms with Gasteiger partial charge in [-0.25, -0.2) is 20.0 Å². The standard InChI is InChI=1S/C23H25N5O3/c1-17(29)22(30)25-19-9-7-18(8-10-19)21-11-12-24-23(26-21)28(20-5-3-2-4-6-20)27-13-15-31-16-14-27/h2-12,17,29H,13-16H2,1H3,(H,25,30)/t17-/m0/s1. The summed E-state index contributed by atoms with van der Waals surface area (Å²) in [6.45, 7) is 4.24. The van der Waals surface area contributed by atoms with Gasteiger partial charge in [-0.15, -0.1) is 0 Å². The van der Waals surface area contributed by atoms with Crippen LogP contribution in [0.4, 0.5) is 17.3 Å². The summed E-state index contributed by atoms with van der Waals surface area (Å²) in [5.74, 6) is 0.137.